The van der Waals surface area contributed by atoms with Crippen molar-refractivity contribution in [2.75, 3.05) is 20.3 Å². The molecule has 1 aromatic carbocycles. The number of benzene rings is 1. The first-order valence-electron chi connectivity index (χ1n) is 7.17. The van der Waals surface area contributed by atoms with Crippen LogP contribution < -0.4 is 10.1 Å². The molecular weight excluding hydrogens is 238 g/mol. The van der Waals surface area contributed by atoms with Crippen molar-refractivity contribution in [1.29, 1.82) is 0 Å². The van der Waals surface area contributed by atoms with Crippen molar-refractivity contribution in [2.45, 2.75) is 45.8 Å². The van der Waals surface area contributed by atoms with Crippen LogP contribution in [0.3, 0.4) is 0 Å². The van der Waals surface area contributed by atoms with Gasteiger partial charge in [0.1, 0.15) is 5.75 Å². The number of hydrogen-bond donors (Lipinski definition) is 1. The third kappa shape index (κ3) is 7.85. The zero-order valence-electron chi connectivity index (χ0n) is 12.4. The van der Waals surface area contributed by atoms with Gasteiger partial charge in [0, 0.05) is 20.3 Å². The molecule has 0 fully saturated rings. The molecule has 1 N–H and O–H groups in total. The van der Waals surface area contributed by atoms with E-state index in [1.165, 1.54) is 18.4 Å². The van der Waals surface area contributed by atoms with E-state index in [0.29, 0.717) is 0 Å². The highest BCUT2D eigenvalue weighted by Gasteiger charge is 1.98. The minimum Gasteiger partial charge on any atom is -0.491 e. The molecule has 0 aromatic heterocycles. The van der Waals surface area contributed by atoms with E-state index in [2.05, 4.69) is 17.4 Å². The van der Waals surface area contributed by atoms with Gasteiger partial charge in [0.2, 0.25) is 0 Å². The summed E-state index contributed by atoms with van der Waals surface area (Å²) in [6.45, 7) is 6.94. The minimum atomic E-state index is 0.232. The van der Waals surface area contributed by atoms with Crippen LogP contribution in [0.15, 0.2) is 24.3 Å². The summed E-state index contributed by atoms with van der Waals surface area (Å²) in [6.07, 6.45) is 3.82. The first-order valence-corrected chi connectivity index (χ1v) is 7.17. The van der Waals surface area contributed by atoms with Crippen LogP contribution in [-0.2, 0) is 11.3 Å². The van der Waals surface area contributed by atoms with E-state index in [1.807, 2.05) is 26.0 Å². The Morgan fingerprint density at radius 3 is 2.42 bits per heavy atom. The minimum absolute atomic E-state index is 0.232. The Morgan fingerprint density at radius 1 is 1.05 bits per heavy atom. The third-order valence-electron chi connectivity index (χ3n) is 2.83. The van der Waals surface area contributed by atoms with Gasteiger partial charge in [0.05, 0.1) is 6.10 Å². The van der Waals surface area contributed by atoms with Gasteiger partial charge in [-0.1, -0.05) is 12.1 Å². The maximum atomic E-state index is 5.62. The highest BCUT2D eigenvalue weighted by molar-refractivity contribution is 5.27. The van der Waals surface area contributed by atoms with Crippen molar-refractivity contribution in [3.63, 3.8) is 0 Å². The third-order valence-corrected chi connectivity index (χ3v) is 2.83. The van der Waals surface area contributed by atoms with E-state index in [1.54, 1.807) is 7.11 Å². The van der Waals surface area contributed by atoms with Gasteiger partial charge in [0.15, 0.2) is 0 Å². The van der Waals surface area contributed by atoms with Crippen LogP contribution in [0.25, 0.3) is 0 Å². The number of rotatable bonds is 10. The van der Waals surface area contributed by atoms with E-state index in [0.717, 1.165) is 31.9 Å². The van der Waals surface area contributed by atoms with Gasteiger partial charge in [-0.15, -0.1) is 0 Å². The fourth-order valence-electron chi connectivity index (χ4n) is 1.86. The van der Waals surface area contributed by atoms with Crippen LogP contribution in [0.5, 0.6) is 5.75 Å². The quantitative estimate of drug-likeness (QED) is 0.658. The number of ether oxygens (including phenoxy) is 2. The van der Waals surface area contributed by atoms with Gasteiger partial charge in [-0.05, 0) is 57.4 Å². The molecule has 0 bridgehead atoms. The summed E-state index contributed by atoms with van der Waals surface area (Å²) in [7, 11) is 1.75. The van der Waals surface area contributed by atoms with Gasteiger partial charge in [-0.2, -0.15) is 0 Å². The lowest BCUT2D eigenvalue weighted by molar-refractivity contribution is 0.192. The van der Waals surface area contributed by atoms with E-state index >= 15 is 0 Å². The molecule has 108 valence electrons. The van der Waals surface area contributed by atoms with Crippen LogP contribution in [0.1, 0.15) is 38.7 Å². The van der Waals surface area contributed by atoms with Crippen LogP contribution in [0.2, 0.25) is 0 Å². The average Bonchev–Trinajstić information content (AvgIpc) is 2.39. The molecule has 0 atom stereocenters. The molecule has 0 unspecified atom stereocenters. The zero-order valence-corrected chi connectivity index (χ0v) is 12.4. The number of nitrogens with one attached hydrogen (secondary N) is 1. The van der Waals surface area contributed by atoms with Gasteiger partial charge in [0.25, 0.3) is 0 Å². The topological polar surface area (TPSA) is 30.5 Å². The van der Waals surface area contributed by atoms with Crippen LogP contribution >= 0.6 is 0 Å². The zero-order chi connectivity index (χ0) is 13.9. The Balaban J connectivity index is 2.12. The highest BCUT2D eigenvalue weighted by Crippen LogP contribution is 2.13. The number of hydrogen-bond acceptors (Lipinski definition) is 3. The lowest BCUT2D eigenvalue weighted by atomic mass is 10.2. The molecule has 0 saturated heterocycles. The maximum absolute atomic E-state index is 5.62. The molecule has 19 heavy (non-hydrogen) atoms. The van der Waals surface area contributed by atoms with Gasteiger partial charge >= 0.3 is 0 Å². The largest absolute Gasteiger partial charge is 0.491 e. The highest BCUT2D eigenvalue weighted by atomic mass is 16.5. The summed E-state index contributed by atoms with van der Waals surface area (Å²) in [5.74, 6) is 0.943. The van der Waals surface area contributed by atoms with Crippen LogP contribution in [0, 0.1) is 0 Å². The molecule has 0 spiro atoms. The van der Waals surface area contributed by atoms with Crippen molar-refractivity contribution in [3.8, 4) is 5.75 Å². The number of methoxy groups -OCH3 is 1. The predicted octanol–water partition coefficient (Wildman–Crippen LogP) is 3.38. The van der Waals surface area contributed by atoms with Crippen molar-refractivity contribution in [3.05, 3.63) is 29.8 Å². The van der Waals surface area contributed by atoms with Crippen molar-refractivity contribution in [2.24, 2.45) is 0 Å². The molecule has 0 aliphatic rings. The standard InChI is InChI=1S/C16H27NO2/c1-14(2)19-16-9-7-15(8-10-16)13-17-11-5-4-6-12-18-3/h7-10,14,17H,4-6,11-13H2,1-3H3. The Bertz CT molecular complexity index is 322. The lowest BCUT2D eigenvalue weighted by Crippen LogP contribution is -2.14. The summed E-state index contributed by atoms with van der Waals surface area (Å²) >= 11 is 0. The Labute approximate surface area is 117 Å². The average molecular weight is 265 g/mol. The molecule has 0 heterocycles. The summed E-state index contributed by atoms with van der Waals surface area (Å²) in [5, 5.41) is 3.46. The maximum Gasteiger partial charge on any atom is 0.119 e. The fourth-order valence-corrected chi connectivity index (χ4v) is 1.86. The molecule has 0 aliphatic heterocycles. The van der Waals surface area contributed by atoms with Crippen molar-refractivity contribution in [1.82, 2.24) is 5.32 Å². The van der Waals surface area contributed by atoms with E-state index in [4.69, 9.17) is 9.47 Å². The molecule has 3 nitrogen and oxygen atoms in total. The first kappa shape index (κ1) is 16.0. The second-order valence-electron chi connectivity index (χ2n) is 5.04. The molecule has 0 aliphatic carbocycles. The molecule has 3 heteroatoms. The normalized spacial score (nSPS) is 10.9. The Morgan fingerprint density at radius 2 is 1.79 bits per heavy atom. The molecular formula is C16H27NO2. The summed E-state index contributed by atoms with van der Waals surface area (Å²) < 4.78 is 10.6. The monoisotopic (exact) mass is 265 g/mol. The first-order chi connectivity index (χ1) is 9.22. The van der Waals surface area contributed by atoms with E-state index in [9.17, 15) is 0 Å². The van der Waals surface area contributed by atoms with Crippen LogP contribution in [0.4, 0.5) is 0 Å². The second-order valence-corrected chi connectivity index (χ2v) is 5.04. The van der Waals surface area contributed by atoms with E-state index < -0.39 is 0 Å². The lowest BCUT2D eigenvalue weighted by Gasteiger charge is -2.10. The van der Waals surface area contributed by atoms with Crippen molar-refractivity contribution >= 4 is 0 Å². The molecule has 0 amide bonds. The molecule has 1 rings (SSSR count). The summed E-state index contributed by atoms with van der Waals surface area (Å²) in [6, 6.07) is 8.32. The van der Waals surface area contributed by atoms with Gasteiger partial charge < -0.3 is 14.8 Å². The Hall–Kier alpha value is -1.06. The second kappa shape index (κ2) is 9.82. The predicted molar refractivity (Wildman–Crippen MR) is 79.6 cm³/mol. The van der Waals surface area contributed by atoms with Gasteiger partial charge in [-0.3, -0.25) is 0 Å². The molecule has 0 radical (unpaired) electrons. The summed E-state index contributed by atoms with van der Waals surface area (Å²) in [4.78, 5) is 0. The number of unbranched alkanes of at least 4 members (excludes halogenated alkanes) is 2. The van der Waals surface area contributed by atoms with Crippen molar-refractivity contribution < 1.29 is 9.47 Å². The SMILES string of the molecule is COCCCCCNCc1ccc(OC(C)C)cc1. The summed E-state index contributed by atoms with van der Waals surface area (Å²) in [5.41, 5.74) is 1.30. The molecule has 1 aromatic rings. The van der Waals surface area contributed by atoms with Gasteiger partial charge in [-0.25, -0.2) is 0 Å². The smallest absolute Gasteiger partial charge is 0.119 e. The fraction of sp³-hybridized carbons (Fsp3) is 0.625. The Kier molecular flexibility index (Phi) is 8.26. The van der Waals surface area contributed by atoms with Crippen LogP contribution in [-0.4, -0.2) is 26.4 Å². The molecule has 0 saturated carbocycles. The van der Waals surface area contributed by atoms with E-state index in [-0.39, 0.29) is 6.10 Å².